The summed E-state index contributed by atoms with van der Waals surface area (Å²) in [5.41, 5.74) is 1.62. The molecule has 1 fully saturated rings. The molecule has 0 atom stereocenters. The van der Waals surface area contributed by atoms with E-state index in [1.165, 1.54) is 7.05 Å². The van der Waals surface area contributed by atoms with Crippen molar-refractivity contribution in [3.8, 4) is 0 Å². The van der Waals surface area contributed by atoms with E-state index in [-0.39, 0.29) is 12.4 Å². The smallest absolute Gasteiger partial charge is 0.211 e. The average molecular weight is 495 g/mol. The lowest BCUT2D eigenvalue weighted by molar-refractivity contribution is 0.249. The van der Waals surface area contributed by atoms with Gasteiger partial charge in [-0.05, 0) is 18.2 Å². The molecule has 0 radical (unpaired) electrons. The quantitative estimate of drug-likeness (QED) is 0.555. The molecule has 0 amide bonds. The van der Waals surface area contributed by atoms with Crippen molar-refractivity contribution in [3.05, 3.63) is 62.3 Å². The third-order valence-electron chi connectivity index (χ3n) is 5.25. The third-order valence-corrected chi connectivity index (χ3v) is 7.71. The molecule has 1 aliphatic heterocycles. The summed E-state index contributed by atoms with van der Waals surface area (Å²) in [5.74, 6) is -0.387. The fourth-order valence-electron chi connectivity index (χ4n) is 3.37. The minimum Gasteiger partial charge on any atom is -0.367 e. The molecule has 1 heterocycles. The zero-order valence-corrected chi connectivity index (χ0v) is 19.8. The number of anilines is 1. The molecule has 1 saturated heterocycles. The lowest BCUT2D eigenvalue weighted by Crippen LogP contribution is -2.46. The molecule has 1 aliphatic rings. The third kappa shape index (κ3) is 5.39. The SMILES string of the molecule is CN(Cc1cccc(N2CCN(Cc3c(Cl)ccc(Cl)c3Cl)CC2)c1F)S(C)(=O)=O. The highest BCUT2D eigenvalue weighted by Crippen LogP contribution is 2.33. The Balaban J connectivity index is 1.68. The second kappa shape index (κ2) is 9.59. The maximum atomic E-state index is 15.1. The molecule has 2 aromatic carbocycles. The van der Waals surface area contributed by atoms with E-state index in [1.54, 1.807) is 30.3 Å². The minimum atomic E-state index is -3.39. The number of nitrogens with zero attached hydrogens (tertiary/aromatic N) is 3. The van der Waals surface area contributed by atoms with E-state index in [0.717, 1.165) is 16.1 Å². The van der Waals surface area contributed by atoms with Gasteiger partial charge in [0.05, 0.1) is 22.0 Å². The largest absolute Gasteiger partial charge is 0.367 e. The maximum Gasteiger partial charge on any atom is 0.211 e. The first-order chi connectivity index (χ1) is 14.1. The highest BCUT2D eigenvalue weighted by Gasteiger charge is 2.23. The van der Waals surface area contributed by atoms with Crippen LogP contribution < -0.4 is 4.90 Å². The first-order valence-electron chi connectivity index (χ1n) is 9.36. The summed E-state index contributed by atoms with van der Waals surface area (Å²) in [6.07, 6.45) is 1.10. The number of benzene rings is 2. The van der Waals surface area contributed by atoms with Gasteiger partial charge in [0.1, 0.15) is 0 Å². The molecule has 0 aromatic heterocycles. The standard InChI is InChI=1S/C20H23Cl3FN3O2S/c1-25(30(2,28)29)12-14-4-3-5-18(20(14)24)27-10-8-26(9-11-27)13-15-16(21)6-7-17(22)19(15)23/h3-7H,8-13H2,1-2H3. The van der Waals surface area contributed by atoms with Crippen LogP contribution in [0.15, 0.2) is 30.3 Å². The Morgan fingerprint density at radius 2 is 1.67 bits per heavy atom. The lowest BCUT2D eigenvalue weighted by Gasteiger charge is -2.36. The number of halogens is 4. The van der Waals surface area contributed by atoms with Crippen LogP contribution in [0.4, 0.5) is 10.1 Å². The van der Waals surface area contributed by atoms with Crippen LogP contribution in [-0.2, 0) is 23.1 Å². The van der Waals surface area contributed by atoms with E-state index in [9.17, 15) is 8.42 Å². The van der Waals surface area contributed by atoms with Crippen LogP contribution in [0.5, 0.6) is 0 Å². The van der Waals surface area contributed by atoms with Crippen molar-refractivity contribution in [2.24, 2.45) is 0 Å². The normalized spacial score (nSPS) is 15.8. The summed E-state index contributed by atoms with van der Waals surface area (Å²) in [6.45, 7) is 3.20. The molecule has 2 aromatic rings. The molecule has 0 bridgehead atoms. The van der Waals surface area contributed by atoms with Crippen LogP contribution in [-0.4, -0.2) is 57.1 Å². The number of piperazine rings is 1. The van der Waals surface area contributed by atoms with Crippen molar-refractivity contribution in [1.29, 1.82) is 0 Å². The van der Waals surface area contributed by atoms with Crippen molar-refractivity contribution >= 4 is 50.5 Å². The molecule has 0 saturated carbocycles. The summed E-state index contributed by atoms with van der Waals surface area (Å²) in [7, 11) is -1.95. The van der Waals surface area contributed by atoms with Crippen LogP contribution in [0.1, 0.15) is 11.1 Å². The second-order valence-electron chi connectivity index (χ2n) is 7.35. The Hall–Kier alpha value is -1.09. The summed E-state index contributed by atoms with van der Waals surface area (Å²) in [4.78, 5) is 4.16. The molecule has 10 heteroatoms. The van der Waals surface area contributed by atoms with Gasteiger partial charge < -0.3 is 4.90 Å². The van der Waals surface area contributed by atoms with E-state index >= 15 is 4.39 Å². The van der Waals surface area contributed by atoms with E-state index in [2.05, 4.69) is 4.90 Å². The van der Waals surface area contributed by atoms with Gasteiger partial charge in [-0.1, -0.05) is 46.9 Å². The molecule has 30 heavy (non-hydrogen) atoms. The zero-order chi connectivity index (χ0) is 22.1. The Bertz CT molecular complexity index is 1030. The molecule has 5 nitrogen and oxygen atoms in total. The van der Waals surface area contributed by atoms with Crippen LogP contribution in [0.2, 0.25) is 15.1 Å². The van der Waals surface area contributed by atoms with Gasteiger partial charge in [0.2, 0.25) is 10.0 Å². The van der Waals surface area contributed by atoms with Crippen LogP contribution in [0.3, 0.4) is 0 Å². The van der Waals surface area contributed by atoms with Gasteiger partial charge in [-0.15, -0.1) is 0 Å². The van der Waals surface area contributed by atoms with Gasteiger partial charge in [0.25, 0.3) is 0 Å². The average Bonchev–Trinajstić information content (AvgIpc) is 2.69. The van der Waals surface area contributed by atoms with Gasteiger partial charge in [0, 0.05) is 62.5 Å². The predicted molar refractivity (Wildman–Crippen MR) is 122 cm³/mol. The van der Waals surface area contributed by atoms with Crippen LogP contribution in [0.25, 0.3) is 0 Å². The van der Waals surface area contributed by atoms with Crippen molar-refractivity contribution in [2.75, 3.05) is 44.4 Å². The first-order valence-corrected chi connectivity index (χ1v) is 12.3. The zero-order valence-electron chi connectivity index (χ0n) is 16.7. The summed E-state index contributed by atoms with van der Waals surface area (Å²) in [6, 6.07) is 8.49. The number of hydrogen-bond acceptors (Lipinski definition) is 4. The highest BCUT2D eigenvalue weighted by atomic mass is 35.5. The summed E-state index contributed by atoms with van der Waals surface area (Å²) in [5, 5.41) is 1.49. The van der Waals surface area contributed by atoms with Crippen LogP contribution >= 0.6 is 34.8 Å². The van der Waals surface area contributed by atoms with E-state index in [0.29, 0.717) is 59.0 Å². The number of rotatable bonds is 6. The summed E-state index contributed by atoms with van der Waals surface area (Å²) >= 11 is 18.7. The van der Waals surface area contributed by atoms with E-state index in [4.69, 9.17) is 34.8 Å². The van der Waals surface area contributed by atoms with Crippen molar-refractivity contribution < 1.29 is 12.8 Å². The Kier molecular flexibility index (Phi) is 7.53. The van der Waals surface area contributed by atoms with Gasteiger partial charge in [0.15, 0.2) is 5.82 Å². The van der Waals surface area contributed by atoms with Crippen molar-refractivity contribution in [3.63, 3.8) is 0 Å². The topological polar surface area (TPSA) is 43.9 Å². The predicted octanol–water partition coefficient (Wildman–Crippen LogP) is 4.50. The fraction of sp³-hybridized carbons (Fsp3) is 0.400. The van der Waals surface area contributed by atoms with Crippen molar-refractivity contribution in [1.82, 2.24) is 9.21 Å². The molecular formula is C20H23Cl3FN3O2S. The molecule has 3 rings (SSSR count). The molecule has 0 aliphatic carbocycles. The monoisotopic (exact) mass is 493 g/mol. The second-order valence-corrected chi connectivity index (χ2v) is 10.6. The Morgan fingerprint density at radius 1 is 1.03 bits per heavy atom. The molecule has 0 spiro atoms. The first kappa shape index (κ1) is 23.6. The van der Waals surface area contributed by atoms with Crippen LogP contribution in [0, 0.1) is 5.82 Å². The van der Waals surface area contributed by atoms with E-state index in [1.807, 2.05) is 4.90 Å². The molecule has 164 valence electrons. The van der Waals surface area contributed by atoms with Crippen molar-refractivity contribution in [2.45, 2.75) is 13.1 Å². The molecular weight excluding hydrogens is 472 g/mol. The summed E-state index contributed by atoms with van der Waals surface area (Å²) < 4.78 is 39.5. The molecule has 0 unspecified atom stereocenters. The van der Waals surface area contributed by atoms with Gasteiger partial charge in [-0.3, -0.25) is 4.90 Å². The Labute approximate surface area is 192 Å². The fourth-order valence-corrected chi connectivity index (χ4v) is 4.42. The lowest BCUT2D eigenvalue weighted by atomic mass is 10.1. The van der Waals surface area contributed by atoms with Gasteiger partial charge in [-0.2, -0.15) is 0 Å². The van der Waals surface area contributed by atoms with Gasteiger partial charge >= 0.3 is 0 Å². The molecule has 0 N–H and O–H groups in total. The Morgan fingerprint density at radius 3 is 2.30 bits per heavy atom. The van der Waals surface area contributed by atoms with Gasteiger partial charge in [-0.25, -0.2) is 17.1 Å². The minimum absolute atomic E-state index is 0.00969. The highest BCUT2D eigenvalue weighted by molar-refractivity contribution is 7.88. The number of hydrogen-bond donors (Lipinski definition) is 0. The van der Waals surface area contributed by atoms with E-state index < -0.39 is 10.0 Å². The number of sulfonamides is 1. The maximum absolute atomic E-state index is 15.1.